The van der Waals surface area contributed by atoms with Crippen molar-refractivity contribution in [2.24, 2.45) is 0 Å². The number of benzene rings is 1. The third-order valence-corrected chi connectivity index (χ3v) is 0.667. The van der Waals surface area contributed by atoms with Crippen molar-refractivity contribution in [1.82, 2.24) is 0 Å². The molecule has 0 unspecified atom stereocenters. The summed E-state index contributed by atoms with van der Waals surface area (Å²) in [5.74, 6) is -1.08. The highest BCUT2D eigenvalue weighted by atomic mass is 35.5. The Bertz CT molecular complexity index is 149. The smallest absolute Gasteiger partial charge is 0.0383 e. The van der Waals surface area contributed by atoms with Gasteiger partial charge in [-0.05, 0) is 6.92 Å². The minimum Gasteiger partial charge on any atom is -0.550 e. The van der Waals surface area contributed by atoms with Gasteiger partial charge in [-0.3, -0.25) is 0 Å². The summed E-state index contributed by atoms with van der Waals surface area (Å²) in [7, 11) is 0. The van der Waals surface area contributed by atoms with Crippen LogP contribution in [-0.4, -0.2) is 5.97 Å². The Kier molecular flexibility index (Phi) is 31.0. The summed E-state index contributed by atoms with van der Waals surface area (Å²) in [6, 6.07) is 12.0. The van der Waals surface area contributed by atoms with Crippen molar-refractivity contribution in [2.75, 3.05) is 0 Å². The van der Waals surface area contributed by atoms with Crippen LogP contribution < -0.4 is 5.11 Å². The Morgan fingerprint density at radius 1 is 0.846 bits per heavy atom. The lowest BCUT2D eigenvalue weighted by Crippen LogP contribution is -2.16. The SMILES string of the molecule is CC(=O)[O-].Cl.Cl.Cl.c1ccccc1. The average Bonchev–Trinajstić information content (AvgIpc) is 1.90. The molecule has 1 aromatic carbocycles. The number of carbonyl (C=O) groups excluding carboxylic acids is 1. The second kappa shape index (κ2) is 17.6. The first-order valence-corrected chi connectivity index (χ1v) is 2.91. The van der Waals surface area contributed by atoms with Crippen LogP contribution in [0.4, 0.5) is 0 Å². The highest BCUT2D eigenvalue weighted by molar-refractivity contribution is 5.86. The van der Waals surface area contributed by atoms with E-state index in [4.69, 9.17) is 9.90 Å². The number of carboxylic acid groups (broad SMARTS) is 1. The van der Waals surface area contributed by atoms with Crippen LogP contribution in [0.15, 0.2) is 36.4 Å². The van der Waals surface area contributed by atoms with Gasteiger partial charge in [-0.25, -0.2) is 0 Å². The van der Waals surface area contributed by atoms with E-state index in [-0.39, 0.29) is 37.2 Å². The molecule has 0 fully saturated rings. The molecule has 0 aliphatic carbocycles. The minimum absolute atomic E-state index is 0. The van der Waals surface area contributed by atoms with Crippen LogP contribution in [0.25, 0.3) is 0 Å². The molecule has 0 amide bonds. The van der Waals surface area contributed by atoms with Crippen LogP contribution in [0.5, 0.6) is 0 Å². The monoisotopic (exact) mass is 245 g/mol. The zero-order valence-corrected chi connectivity index (χ0v) is 9.45. The molecule has 1 aromatic rings. The number of carboxylic acids is 1. The van der Waals surface area contributed by atoms with E-state index < -0.39 is 5.97 Å². The normalized spacial score (nSPS) is 5.62. The number of halogens is 3. The summed E-state index contributed by atoms with van der Waals surface area (Å²) in [4.78, 5) is 8.89. The maximum Gasteiger partial charge on any atom is 0.0383 e. The lowest BCUT2D eigenvalue weighted by atomic mass is 10.4. The zero-order chi connectivity index (χ0) is 7.82. The van der Waals surface area contributed by atoms with Crippen LogP contribution in [0, 0.1) is 0 Å². The molecular weight excluding hydrogens is 234 g/mol. The third-order valence-electron chi connectivity index (χ3n) is 0.667. The average molecular weight is 247 g/mol. The largest absolute Gasteiger partial charge is 0.550 e. The van der Waals surface area contributed by atoms with Crippen molar-refractivity contribution in [3.05, 3.63) is 36.4 Å². The summed E-state index contributed by atoms with van der Waals surface area (Å²) in [5, 5.41) is 8.89. The lowest BCUT2D eigenvalue weighted by molar-refractivity contribution is -0.302. The second-order valence-corrected chi connectivity index (χ2v) is 1.65. The molecule has 0 aliphatic rings. The quantitative estimate of drug-likeness (QED) is 0.699. The first kappa shape index (κ1) is 22.9. The molecule has 2 nitrogen and oxygen atoms in total. The van der Waals surface area contributed by atoms with Gasteiger partial charge in [0.2, 0.25) is 0 Å². The van der Waals surface area contributed by atoms with E-state index in [9.17, 15) is 0 Å². The molecule has 0 bridgehead atoms. The van der Waals surface area contributed by atoms with Gasteiger partial charge in [-0.15, -0.1) is 37.2 Å². The van der Waals surface area contributed by atoms with E-state index >= 15 is 0 Å². The molecule has 0 radical (unpaired) electrons. The second-order valence-electron chi connectivity index (χ2n) is 1.65. The van der Waals surface area contributed by atoms with Gasteiger partial charge in [0.15, 0.2) is 0 Å². The van der Waals surface area contributed by atoms with Gasteiger partial charge in [-0.1, -0.05) is 36.4 Å². The number of hydrogen-bond donors (Lipinski definition) is 0. The highest BCUT2D eigenvalue weighted by Gasteiger charge is 1.57. The van der Waals surface area contributed by atoms with Crippen molar-refractivity contribution < 1.29 is 9.90 Å². The topological polar surface area (TPSA) is 40.1 Å². The molecule has 5 heteroatoms. The number of carbonyl (C=O) groups is 1. The predicted molar refractivity (Wildman–Crippen MR) is 58.9 cm³/mol. The summed E-state index contributed by atoms with van der Waals surface area (Å²) in [6.07, 6.45) is 0. The zero-order valence-electron chi connectivity index (χ0n) is 7.01. The predicted octanol–water partition coefficient (Wildman–Crippen LogP) is 1.71. The Morgan fingerprint density at radius 3 is 1.00 bits per heavy atom. The number of hydrogen-bond acceptors (Lipinski definition) is 2. The first-order chi connectivity index (χ1) is 4.73. The van der Waals surface area contributed by atoms with Crippen LogP contribution >= 0.6 is 37.2 Å². The van der Waals surface area contributed by atoms with Crippen LogP contribution in [0.3, 0.4) is 0 Å². The van der Waals surface area contributed by atoms with Gasteiger partial charge in [0.25, 0.3) is 0 Å². The number of aliphatic carboxylic acids is 1. The number of rotatable bonds is 0. The Labute approximate surface area is 96.6 Å². The Balaban J connectivity index is -0.0000000536. The van der Waals surface area contributed by atoms with Gasteiger partial charge in [0, 0.05) is 5.97 Å². The fourth-order valence-corrected chi connectivity index (χ4v) is 0.385. The van der Waals surface area contributed by atoms with Crippen LogP contribution in [0.1, 0.15) is 6.92 Å². The van der Waals surface area contributed by atoms with E-state index in [2.05, 4.69) is 0 Å². The van der Waals surface area contributed by atoms with Crippen molar-refractivity contribution in [3.63, 3.8) is 0 Å². The molecule has 0 heterocycles. The molecular formula is C8H12Cl3O2-. The van der Waals surface area contributed by atoms with Gasteiger partial charge < -0.3 is 9.90 Å². The maximum atomic E-state index is 8.89. The lowest BCUT2D eigenvalue weighted by Gasteiger charge is -1.77. The summed E-state index contributed by atoms with van der Waals surface area (Å²) < 4.78 is 0. The van der Waals surface area contributed by atoms with E-state index in [0.29, 0.717) is 0 Å². The highest BCUT2D eigenvalue weighted by Crippen LogP contribution is 1.79. The fraction of sp³-hybridized carbons (Fsp3) is 0.125. The van der Waals surface area contributed by atoms with E-state index in [0.717, 1.165) is 6.92 Å². The molecule has 0 aliphatic heterocycles. The fourth-order valence-electron chi connectivity index (χ4n) is 0.385. The molecule has 0 aromatic heterocycles. The van der Waals surface area contributed by atoms with E-state index in [1.54, 1.807) is 0 Å². The summed E-state index contributed by atoms with van der Waals surface area (Å²) in [5.41, 5.74) is 0. The molecule has 1 rings (SSSR count). The first-order valence-electron chi connectivity index (χ1n) is 2.91. The molecule has 0 atom stereocenters. The van der Waals surface area contributed by atoms with E-state index in [1.807, 2.05) is 36.4 Å². The van der Waals surface area contributed by atoms with Gasteiger partial charge in [-0.2, -0.15) is 0 Å². The molecule has 0 saturated heterocycles. The summed E-state index contributed by atoms with van der Waals surface area (Å²) >= 11 is 0. The minimum atomic E-state index is -1.08. The third kappa shape index (κ3) is 34.2. The Morgan fingerprint density at radius 2 is 0.923 bits per heavy atom. The standard InChI is InChI=1S/C6H6.C2H4O2.3ClH/c1-2-4-6-5-3-1;1-2(3)4;;;/h1-6H;1H3,(H,3,4);3*1H/p-1. The molecule has 13 heavy (non-hydrogen) atoms. The molecule has 0 spiro atoms. The maximum absolute atomic E-state index is 8.89. The van der Waals surface area contributed by atoms with E-state index in [1.165, 1.54) is 0 Å². The van der Waals surface area contributed by atoms with Crippen molar-refractivity contribution in [1.29, 1.82) is 0 Å². The molecule has 0 saturated carbocycles. The Hall–Kier alpha value is -0.440. The summed E-state index contributed by atoms with van der Waals surface area (Å²) in [6.45, 7) is 0.972. The van der Waals surface area contributed by atoms with Gasteiger partial charge in [0.05, 0.1) is 0 Å². The van der Waals surface area contributed by atoms with Crippen LogP contribution in [-0.2, 0) is 4.79 Å². The van der Waals surface area contributed by atoms with Crippen molar-refractivity contribution in [2.45, 2.75) is 6.92 Å². The van der Waals surface area contributed by atoms with Crippen LogP contribution in [0.2, 0.25) is 0 Å². The molecule has 0 N–H and O–H groups in total. The van der Waals surface area contributed by atoms with Gasteiger partial charge in [0.1, 0.15) is 0 Å². The van der Waals surface area contributed by atoms with Gasteiger partial charge >= 0.3 is 0 Å². The van der Waals surface area contributed by atoms with Crippen molar-refractivity contribution >= 4 is 43.2 Å². The molecule has 78 valence electrons. The van der Waals surface area contributed by atoms with Crippen molar-refractivity contribution in [3.8, 4) is 0 Å².